The lowest BCUT2D eigenvalue weighted by atomic mass is 10.0. The number of rotatable bonds is 5. The maximum Gasteiger partial charge on any atom is 0.221 e. The zero-order valence-electron chi connectivity index (χ0n) is 11.4. The first-order valence-corrected chi connectivity index (χ1v) is 6.74. The molecule has 0 aromatic carbocycles. The van der Waals surface area contributed by atoms with Gasteiger partial charge in [-0.15, -0.1) is 0 Å². The average molecular weight is 241 g/mol. The van der Waals surface area contributed by atoms with Crippen molar-refractivity contribution >= 4 is 5.91 Å². The number of likely N-dealkylation sites (tertiary alicyclic amines) is 1. The Morgan fingerprint density at radius 1 is 1.35 bits per heavy atom. The van der Waals surface area contributed by atoms with Crippen molar-refractivity contribution in [3.8, 4) is 0 Å². The number of carbonyl (C=O) groups is 1. The molecule has 1 saturated heterocycles. The van der Waals surface area contributed by atoms with Gasteiger partial charge in [0, 0.05) is 38.1 Å². The summed E-state index contributed by atoms with van der Waals surface area (Å²) >= 11 is 0. The van der Waals surface area contributed by atoms with Crippen LogP contribution in [-0.2, 0) is 4.79 Å². The SMILES string of the molecule is CC(C)CN1CCC(NC(=O)CC(C)N)CC1. The number of hydrogen-bond donors (Lipinski definition) is 2. The van der Waals surface area contributed by atoms with Crippen LogP contribution in [0.5, 0.6) is 0 Å². The van der Waals surface area contributed by atoms with Crippen LogP contribution in [0.4, 0.5) is 0 Å². The van der Waals surface area contributed by atoms with Gasteiger partial charge >= 0.3 is 0 Å². The molecule has 4 heteroatoms. The Hall–Kier alpha value is -0.610. The van der Waals surface area contributed by atoms with Crippen LogP contribution in [0.2, 0.25) is 0 Å². The number of piperidine rings is 1. The van der Waals surface area contributed by atoms with Crippen LogP contribution in [0, 0.1) is 5.92 Å². The van der Waals surface area contributed by atoms with Crippen LogP contribution in [0.15, 0.2) is 0 Å². The zero-order chi connectivity index (χ0) is 12.8. The minimum Gasteiger partial charge on any atom is -0.353 e. The maximum atomic E-state index is 11.6. The summed E-state index contributed by atoms with van der Waals surface area (Å²) in [7, 11) is 0. The van der Waals surface area contributed by atoms with Gasteiger partial charge in [0.05, 0.1) is 0 Å². The third-order valence-corrected chi connectivity index (χ3v) is 3.08. The number of hydrogen-bond acceptors (Lipinski definition) is 3. The fourth-order valence-electron chi connectivity index (χ4n) is 2.36. The highest BCUT2D eigenvalue weighted by atomic mass is 16.1. The predicted octanol–water partition coefficient (Wildman–Crippen LogP) is 0.960. The molecule has 0 bridgehead atoms. The molecular weight excluding hydrogens is 214 g/mol. The molecule has 17 heavy (non-hydrogen) atoms. The van der Waals surface area contributed by atoms with Gasteiger partial charge in [-0.3, -0.25) is 4.79 Å². The second-order valence-electron chi connectivity index (χ2n) is 5.72. The van der Waals surface area contributed by atoms with Gasteiger partial charge in [-0.2, -0.15) is 0 Å². The third-order valence-electron chi connectivity index (χ3n) is 3.08. The Bertz CT molecular complexity index is 233. The minimum atomic E-state index is -0.0453. The first-order valence-electron chi connectivity index (χ1n) is 6.74. The Labute approximate surface area is 105 Å². The monoisotopic (exact) mass is 241 g/mol. The van der Waals surface area contributed by atoms with Crippen molar-refractivity contribution in [3.63, 3.8) is 0 Å². The molecule has 0 saturated carbocycles. The number of nitrogens with two attached hydrogens (primary N) is 1. The van der Waals surface area contributed by atoms with E-state index in [-0.39, 0.29) is 11.9 Å². The van der Waals surface area contributed by atoms with E-state index in [4.69, 9.17) is 5.73 Å². The standard InChI is InChI=1S/C13H27N3O/c1-10(2)9-16-6-4-12(5-7-16)15-13(17)8-11(3)14/h10-12H,4-9,14H2,1-3H3,(H,15,17). The molecule has 1 fully saturated rings. The molecule has 3 N–H and O–H groups in total. The van der Waals surface area contributed by atoms with Crippen molar-refractivity contribution in [2.75, 3.05) is 19.6 Å². The second-order valence-corrected chi connectivity index (χ2v) is 5.72. The van der Waals surface area contributed by atoms with E-state index in [1.165, 1.54) is 6.54 Å². The van der Waals surface area contributed by atoms with Gasteiger partial charge in [-0.05, 0) is 25.7 Å². The summed E-state index contributed by atoms with van der Waals surface area (Å²) in [5.41, 5.74) is 5.61. The van der Waals surface area contributed by atoms with Crippen LogP contribution in [0.3, 0.4) is 0 Å². The van der Waals surface area contributed by atoms with E-state index in [2.05, 4.69) is 24.1 Å². The number of nitrogens with zero attached hydrogens (tertiary/aromatic N) is 1. The quantitative estimate of drug-likeness (QED) is 0.754. The fourth-order valence-corrected chi connectivity index (χ4v) is 2.36. The van der Waals surface area contributed by atoms with E-state index < -0.39 is 0 Å². The van der Waals surface area contributed by atoms with Crippen molar-refractivity contribution in [1.29, 1.82) is 0 Å². The molecule has 0 radical (unpaired) electrons. The lowest BCUT2D eigenvalue weighted by Gasteiger charge is -2.33. The Morgan fingerprint density at radius 3 is 2.41 bits per heavy atom. The molecule has 0 spiro atoms. The number of amides is 1. The Kier molecular flexibility index (Phi) is 5.92. The molecule has 1 heterocycles. The molecule has 0 aromatic rings. The largest absolute Gasteiger partial charge is 0.353 e. The number of nitrogens with one attached hydrogen (secondary N) is 1. The summed E-state index contributed by atoms with van der Waals surface area (Å²) < 4.78 is 0. The third kappa shape index (κ3) is 6.03. The average Bonchev–Trinajstić information content (AvgIpc) is 2.18. The highest BCUT2D eigenvalue weighted by molar-refractivity contribution is 5.76. The summed E-state index contributed by atoms with van der Waals surface area (Å²) in [6.07, 6.45) is 2.57. The summed E-state index contributed by atoms with van der Waals surface area (Å²) in [4.78, 5) is 14.1. The van der Waals surface area contributed by atoms with Crippen molar-refractivity contribution in [3.05, 3.63) is 0 Å². The van der Waals surface area contributed by atoms with Crippen molar-refractivity contribution in [2.45, 2.75) is 52.1 Å². The molecule has 0 aromatic heterocycles. The van der Waals surface area contributed by atoms with Gasteiger partial charge in [0.2, 0.25) is 5.91 Å². The molecule has 4 nitrogen and oxygen atoms in total. The Balaban J connectivity index is 2.20. The molecule has 1 aliphatic heterocycles. The first-order chi connectivity index (χ1) is 7.97. The summed E-state index contributed by atoms with van der Waals surface area (Å²) in [6.45, 7) is 9.72. The van der Waals surface area contributed by atoms with Gasteiger partial charge < -0.3 is 16.0 Å². The molecule has 100 valence electrons. The van der Waals surface area contributed by atoms with Gasteiger partial charge in [-0.25, -0.2) is 0 Å². The molecule has 1 amide bonds. The van der Waals surface area contributed by atoms with Crippen molar-refractivity contribution in [1.82, 2.24) is 10.2 Å². The van der Waals surface area contributed by atoms with E-state index in [0.717, 1.165) is 31.8 Å². The van der Waals surface area contributed by atoms with E-state index in [0.29, 0.717) is 12.5 Å². The van der Waals surface area contributed by atoms with Gasteiger partial charge in [0.25, 0.3) is 0 Å². The smallest absolute Gasteiger partial charge is 0.221 e. The summed E-state index contributed by atoms with van der Waals surface area (Å²) in [5, 5.41) is 3.08. The lowest BCUT2D eigenvalue weighted by Crippen LogP contribution is -2.46. The zero-order valence-corrected chi connectivity index (χ0v) is 11.4. The van der Waals surface area contributed by atoms with Crippen LogP contribution < -0.4 is 11.1 Å². The summed E-state index contributed by atoms with van der Waals surface area (Å²) in [6, 6.07) is 0.306. The second kappa shape index (κ2) is 6.97. The van der Waals surface area contributed by atoms with Crippen molar-refractivity contribution in [2.24, 2.45) is 11.7 Å². The molecule has 1 atom stereocenters. The lowest BCUT2D eigenvalue weighted by molar-refractivity contribution is -0.122. The van der Waals surface area contributed by atoms with E-state index in [1.807, 2.05) is 6.92 Å². The van der Waals surface area contributed by atoms with Crippen molar-refractivity contribution < 1.29 is 4.79 Å². The van der Waals surface area contributed by atoms with Crippen LogP contribution >= 0.6 is 0 Å². The first kappa shape index (κ1) is 14.5. The van der Waals surface area contributed by atoms with Gasteiger partial charge in [0.15, 0.2) is 0 Å². The predicted molar refractivity (Wildman–Crippen MR) is 70.7 cm³/mol. The fraction of sp³-hybridized carbons (Fsp3) is 0.923. The normalized spacial score (nSPS) is 20.5. The van der Waals surface area contributed by atoms with Crippen LogP contribution in [0.1, 0.15) is 40.0 Å². The molecular formula is C13H27N3O. The highest BCUT2D eigenvalue weighted by Gasteiger charge is 2.21. The van der Waals surface area contributed by atoms with Gasteiger partial charge in [-0.1, -0.05) is 13.8 Å². The van der Waals surface area contributed by atoms with E-state index in [9.17, 15) is 4.79 Å². The van der Waals surface area contributed by atoms with Crippen LogP contribution in [-0.4, -0.2) is 42.5 Å². The topological polar surface area (TPSA) is 58.4 Å². The maximum absolute atomic E-state index is 11.6. The van der Waals surface area contributed by atoms with Crippen LogP contribution in [0.25, 0.3) is 0 Å². The van der Waals surface area contributed by atoms with E-state index >= 15 is 0 Å². The molecule has 1 unspecified atom stereocenters. The molecule has 1 rings (SSSR count). The minimum absolute atomic E-state index is 0.0453. The molecule has 0 aliphatic carbocycles. The van der Waals surface area contributed by atoms with E-state index in [1.54, 1.807) is 0 Å². The highest BCUT2D eigenvalue weighted by Crippen LogP contribution is 2.12. The summed E-state index contributed by atoms with van der Waals surface area (Å²) in [5.74, 6) is 0.821. The number of carbonyl (C=O) groups excluding carboxylic acids is 1. The van der Waals surface area contributed by atoms with Gasteiger partial charge in [0.1, 0.15) is 0 Å². The Morgan fingerprint density at radius 2 is 1.94 bits per heavy atom. The molecule has 1 aliphatic rings.